The minimum Gasteiger partial charge on any atom is -0.497 e. The number of likely N-dealkylation sites (tertiary alicyclic amines) is 1. The second-order valence-electron chi connectivity index (χ2n) is 4.31. The van der Waals surface area contributed by atoms with E-state index < -0.39 is 5.97 Å². The van der Waals surface area contributed by atoms with Gasteiger partial charge in [0.05, 0.1) is 7.11 Å². The van der Waals surface area contributed by atoms with E-state index in [-0.39, 0.29) is 18.4 Å². The molecule has 18 heavy (non-hydrogen) atoms. The molecule has 1 aromatic carbocycles. The fourth-order valence-corrected chi connectivity index (χ4v) is 2.26. The highest BCUT2D eigenvalue weighted by atomic mass is 35.5. The molecule has 0 bridgehead atoms. The largest absolute Gasteiger partial charge is 0.497 e. The van der Waals surface area contributed by atoms with Crippen LogP contribution >= 0.6 is 12.4 Å². The van der Waals surface area contributed by atoms with E-state index in [9.17, 15) is 4.79 Å². The first-order valence-electron chi connectivity index (χ1n) is 5.80. The van der Waals surface area contributed by atoms with E-state index in [2.05, 4.69) is 0 Å². The van der Waals surface area contributed by atoms with Crippen molar-refractivity contribution in [3.63, 3.8) is 0 Å². The highest BCUT2D eigenvalue weighted by molar-refractivity contribution is 5.85. The predicted molar refractivity (Wildman–Crippen MR) is 71.3 cm³/mol. The van der Waals surface area contributed by atoms with E-state index in [4.69, 9.17) is 9.84 Å². The van der Waals surface area contributed by atoms with Gasteiger partial charge in [-0.1, -0.05) is 12.1 Å². The number of carboxylic acid groups (broad SMARTS) is 1. The first-order valence-corrected chi connectivity index (χ1v) is 5.80. The number of methoxy groups -OCH3 is 1. The summed E-state index contributed by atoms with van der Waals surface area (Å²) >= 11 is 0. The minimum absolute atomic E-state index is 0. The third-order valence-electron chi connectivity index (χ3n) is 3.19. The molecule has 0 amide bonds. The average molecular weight is 272 g/mol. The molecule has 2 rings (SSSR count). The lowest BCUT2D eigenvalue weighted by Crippen LogP contribution is -2.35. The Morgan fingerprint density at radius 3 is 2.67 bits per heavy atom. The summed E-state index contributed by atoms with van der Waals surface area (Å²) < 4.78 is 5.09. The van der Waals surface area contributed by atoms with Gasteiger partial charge in [-0.2, -0.15) is 0 Å². The van der Waals surface area contributed by atoms with Crippen molar-refractivity contribution in [3.05, 3.63) is 29.8 Å². The maximum atomic E-state index is 11.0. The van der Waals surface area contributed by atoms with Crippen LogP contribution in [0.15, 0.2) is 24.3 Å². The summed E-state index contributed by atoms with van der Waals surface area (Å²) in [6, 6.07) is 7.45. The Kier molecular flexibility index (Phi) is 5.44. The maximum absolute atomic E-state index is 11.0. The van der Waals surface area contributed by atoms with Crippen LogP contribution in [0.25, 0.3) is 0 Å². The van der Waals surface area contributed by atoms with E-state index in [1.54, 1.807) is 7.11 Å². The zero-order valence-corrected chi connectivity index (χ0v) is 11.2. The SMILES string of the molecule is COc1ccc(CN2CCCC2C(=O)O)cc1.Cl. The number of carboxylic acids is 1. The van der Waals surface area contributed by atoms with Crippen LogP contribution in [-0.4, -0.2) is 35.7 Å². The van der Waals surface area contributed by atoms with Crippen LogP contribution < -0.4 is 4.74 Å². The minimum atomic E-state index is -0.712. The summed E-state index contributed by atoms with van der Waals surface area (Å²) in [5, 5.41) is 9.08. The number of carbonyl (C=O) groups is 1. The van der Waals surface area contributed by atoms with Gasteiger partial charge in [-0.15, -0.1) is 12.4 Å². The van der Waals surface area contributed by atoms with Gasteiger partial charge in [-0.05, 0) is 37.1 Å². The monoisotopic (exact) mass is 271 g/mol. The van der Waals surface area contributed by atoms with Crippen LogP contribution in [0.3, 0.4) is 0 Å². The van der Waals surface area contributed by atoms with Gasteiger partial charge in [0.15, 0.2) is 0 Å². The molecular weight excluding hydrogens is 254 g/mol. The van der Waals surface area contributed by atoms with Gasteiger partial charge in [-0.3, -0.25) is 9.69 Å². The Morgan fingerprint density at radius 1 is 1.44 bits per heavy atom. The summed E-state index contributed by atoms with van der Waals surface area (Å²) in [6.45, 7) is 1.56. The number of halogens is 1. The van der Waals surface area contributed by atoms with Crippen molar-refractivity contribution in [2.24, 2.45) is 0 Å². The van der Waals surface area contributed by atoms with Gasteiger partial charge in [-0.25, -0.2) is 0 Å². The van der Waals surface area contributed by atoms with Crippen LogP contribution in [0.5, 0.6) is 5.75 Å². The molecule has 1 heterocycles. The van der Waals surface area contributed by atoms with Gasteiger partial charge in [0, 0.05) is 6.54 Å². The van der Waals surface area contributed by atoms with Gasteiger partial charge >= 0.3 is 5.97 Å². The number of nitrogens with zero attached hydrogens (tertiary/aromatic N) is 1. The number of benzene rings is 1. The third-order valence-corrected chi connectivity index (χ3v) is 3.19. The molecule has 1 N–H and O–H groups in total. The van der Waals surface area contributed by atoms with Crippen molar-refractivity contribution in [1.82, 2.24) is 4.90 Å². The summed E-state index contributed by atoms with van der Waals surface area (Å²) in [4.78, 5) is 13.1. The Labute approximate surface area is 113 Å². The van der Waals surface area contributed by atoms with Crippen molar-refractivity contribution >= 4 is 18.4 Å². The fraction of sp³-hybridized carbons (Fsp3) is 0.462. The van der Waals surface area contributed by atoms with E-state index in [1.165, 1.54) is 0 Å². The Hall–Kier alpha value is -1.26. The topological polar surface area (TPSA) is 49.8 Å². The molecule has 0 spiro atoms. The lowest BCUT2D eigenvalue weighted by Gasteiger charge is -2.20. The summed E-state index contributed by atoms with van der Waals surface area (Å²) in [6.07, 6.45) is 1.72. The second-order valence-corrected chi connectivity index (χ2v) is 4.31. The standard InChI is InChI=1S/C13H17NO3.ClH/c1-17-11-6-4-10(5-7-11)9-14-8-2-3-12(14)13(15)16;/h4-7,12H,2-3,8-9H2,1H3,(H,15,16);1H. The van der Waals surface area contributed by atoms with Gasteiger partial charge in [0.25, 0.3) is 0 Å². The Balaban J connectivity index is 0.00000162. The predicted octanol–water partition coefficient (Wildman–Crippen LogP) is 2.17. The van der Waals surface area contributed by atoms with Gasteiger partial charge in [0.1, 0.15) is 11.8 Å². The molecule has 1 atom stereocenters. The number of hydrogen-bond acceptors (Lipinski definition) is 3. The molecule has 5 heteroatoms. The highest BCUT2D eigenvalue weighted by Gasteiger charge is 2.30. The Bertz CT molecular complexity index is 394. The zero-order chi connectivity index (χ0) is 12.3. The highest BCUT2D eigenvalue weighted by Crippen LogP contribution is 2.21. The normalized spacial score (nSPS) is 19.3. The number of ether oxygens (including phenoxy) is 1. The third kappa shape index (κ3) is 3.37. The quantitative estimate of drug-likeness (QED) is 0.912. The zero-order valence-electron chi connectivity index (χ0n) is 10.3. The number of aliphatic carboxylic acids is 1. The fourth-order valence-electron chi connectivity index (χ4n) is 2.26. The van der Waals surface area contributed by atoms with Crippen molar-refractivity contribution in [2.45, 2.75) is 25.4 Å². The van der Waals surface area contributed by atoms with Crippen LogP contribution in [0.4, 0.5) is 0 Å². The van der Waals surface area contributed by atoms with Crippen molar-refractivity contribution in [3.8, 4) is 5.75 Å². The summed E-state index contributed by atoms with van der Waals surface area (Å²) in [7, 11) is 1.63. The second kappa shape index (κ2) is 6.61. The number of hydrogen-bond donors (Lipinski definition) is 1. The average Bonchev–Trinajstić information content (AvgIpc) is 2.78. The molecule has 0 aliphatic carbocycles. The van der Waals surface area contributed by atoms with Gasteiger partial charge < -0.3 is 9.84 Å². The van der Waals surface area contributed by atoms with E-state index in [0.29, 0.717) is 6.54 Å². The van der Waals surface area contributed by atoms with Gasteiger partial charge in [0.2, 0.25) is 0 Å². The van der Waals surface area contributed by atoms with Crippen molar-refractivity contribution < 1.29 is 14.6 Å². The maximum Gasteiger partial charge on any atom is 0.320 e. The Morgan fingerprint density at radius 2 is 2.11 bits per heavy atom. The molecule has 1 aliphatic heterocycles. The molecule has 0 aromatic heterocycles. The number of rotatable bonds is 4. The smallest absolute Gasteiger partial charge is 0.320 e. The van der Waals surface area contributed by atoms with Crippen molar-refractivity contribution in [2.75, 3.05) is 13.7 Å². The molecular formula is C13H18ClNO3. The lowest BCUT2D eigenvalue weighted by atomic mass is 10.2. The molecule has 4 nitrogen and oxygen atoms in total. The van der Waals surface area contributed by atoms with Crippen molar-refractivity contribution in [1.29, 1.82) is 0 Å². The molecule has 1 aliphatic rings. The summed E-state index contributed by atoms with van der Waals surface area (Å²) in [5.41, 5.74) is 1.12. The van der Waals surface area contributed by atoms with Crippen LogP contribution in [0, 0.1) is 0 Å². The molecule has 0 radical (unpaired) electrons. The molecule has 1 saturated heterocycles. The van der Waals surface area contributed by atoms with Crippen LogP contribution in [0.2, 0.25) is 0 Å². The van der Waals surface area contributed by atoms with Crippen LogP contribution in [-0.2, 0) is 11.3 Å². The molecule has 1 unspecified atom stereocenters. The lowest BCUT2D eigenvalue weighted by molar-refractivity contribution is -0.142. The van der Waals surface area contributed by atoms with E-state index >= 15 is 0 Å². The first kappa shape index (κ1) is 14.8. The van der Waals surface area contributed by atoms with E-state index in [1.807, 2.05) is 29.2 Å². The van der Waals surface area contributed by atoms with Crippen LogP contribution in [0.1, 0.15) is 18.4 Å². The summed E-state index contributed by atoms with van der Waals surface area (Å²) in [5.74, 6) is 0.112. The molecule has 100 valence electrons. The molecule has 1 aromatic rings. The van der Waals surface area contributed by atoms with E-state index in [0.717, 1.165) is 30.7 Å². The molecule has 1 fully saturated rings. The molecule has 0 saturated carbocycles. The first-order chi connectivity index (χ1) is 8.20.